The van der Waals surface area contributed by atoms with Crippen molar-refractivity contribution in [1.82, 2.24) is 4.31 Å². The normalized spacial score (nSPS) is 20.2. The molecule has 1 N–H and O–H groups in total. The zero-order chi connectivity index (χ0) is 25.9. The molecule has 10 heteroatoms. The van der Waals surface area contributed by atoms with Crippen molar-refractivity contribution in [2.24, 2.45) is 16.8 Å². The van der Waals surface area contributed by atoms with Crippen molar-refractivity contribution in [1.29, 1.82) is 0 Å². The number of piperidine rings is 1. The third-order valence-electron chi connectivity index (χ3n) is 7.05. The summed E-state index contributed by atoms with van der Waals surface area (Å²) in [5, 5.41) is 9.52. The number of ether oxygens (including phenoxy) is 3. The van der Waals surface area contributed by atoms with Crippen molar-refractivity contribution >= 4 is 21.7 Å². The predicted molar refractivity (Wildman–Crippen MR) is 135 cm³/mol. The molecule has 0 bridgehead atoms. The van der Waals surface area contributed by atoms with Gasteiger partial charge in [-0.1, -0.05) is 0 Å². The lowest BCUT2D eigenvalue weighted by atomic mass is 9.79. The summed E-state index contributed by atoms with van der Waals surface area (Å²) in [6.07, 6.45) is 1.71. The Bertz CT molecular complexity index is 1240. The minimum atomic E-state index is -3.74. The molecule has 0 aromatic heterocycles. The van der Waals surface area contributed by atoms with Gasteiger partial charge in [-0.15, -0.1) is 0 Å². The number of hydrogen-bond acceptors (Lipinski definition) is 7. The van der Waals surface area contributed by atoms with E-state index in [1.807, 2.05) is 12.1 Å². The molecule has 0 radical (unpaired) electrons. The molecule has 2 aliphatic rings. The molecule has 0 aliphatic carbocycles. The van der Waals surface area contributed by atoms with Crippen LogP contribution in [-0.4, -0.2) is 70.5 Å². The average Bonchev–Trinajstić information content (AvgIpc) is 2.88. The molecular formula is C26H32N2O7S. The first-order valence-corrected chi connectivity index (χ1v) is 13.4. The minimum Gasteiger partial charge on any atom is -0.497 e. The molecule has 2 unspecified atom stereocenters. The van der Waals surface area contributed by atoms with Crippen LogP contribution in [0.4, 0.5) is 0 Å². The molecule has 194 valence electrons. The van der Waals surface area contributed by atoms with Crippen LogP contribution < -0.4 is 14.2 Å². The fraction of sp³-hybridized carbons (Fsp3) is 0.462. The van der Waals surface area contributed by atoms with Gasteiger partial charge in [0.1, 0.15) is 5.75 Å². The molecular weight excluding hydrogens is 484 g/mol. The first kappa shape index (κ1) is 26.0. The summed E-state index contributed by atoms with van der Waals surface area (Å²) in [5.41, 5.74) is 2.88. The topological polar surface area (TPSA) is 115 Å². The first-order valence-electron chi connectivity index (χ1n) is 11.9. The number of carboxylic acid groups (broad SMARTS) is 1. The van der Waals surface area contributed by atoms with Crippen LogP contribution in [0.5, 0.6) is 17.2 Å². The van der Waals surface area contributed by atoms with Gasteiger partial charge in [-0.3, -0.25) is 9.79 Å². The van der Waals surface area contributed by atoms with Crippen LogP contribution >= 0.6 is 0 Å². The number of rotatable bonds is 9. The lowest BCUT2D eigenvalue weighted by Crippen LogP contribution is -2.45. The standard InChI is InChI=1S/C26H32N2O7S/c1-33-20-4-6-21(7-5-20)36(31,32)28-11-9-17(14-26(29)30)19(16-28)12-23-22-15-25(35-3)24(34-2)13-18(22)8-10-27-23/h4-7,13,15,17,19H,8-12,14,16H2,1-3H3,(H,29,30). The lowest BCUT2D eigenvalue weighted by molar-refractivity contribution is -0.138. The second-order valence-corrected chi connectivity index (χ2v) is 11.0. The number of carboxylic acids is 1. The molecule has 36 heavy (non-hydrogen) atoms. The molecule has 0 saturated carbocycles. The number of aliphatic carboxylic acids is 1. The van der Waals surface area contributed by atoms with Crippen LogP contribution in [0.2, 0.25) is 0 Å². The highest BCUT2D eigenvalue weighted by Crippen LogP contribution is 2.37. The quantitative estimate of drug-likeness (QED) is 0.544. The number of aliphatic imine (C=N–C) groups is 1. The molecule has 0 spiro atoms. The molecule has 2 aromatic carbocycles. The van der Waals surface area contributed by atoms with Crippen molar-refractivity contribution in [3.05, 3.63) is 47.5 Å². The van der Waals surface area contributed by atoms with Gasteiger partial charge in [-0.05, 0) is 73.1 Å². The molecule has 1 fully saturated rings. The van der Waals surface area contributed by atoms with E-state index in [2.05, 4.69) is 0 Å². The molecule has 4 rings (SSSR count). The van der Waals surface area contributed by atoms with Crippen LogP contribution in [0, 0.1) is 11.8 Å². The highest BCUT2D eigenvalue weighted by Gasteiger charge is 2.37. The summed E-state index contributed by atoms with van der Waals surface area (Å²) in [6.45, 7) is 1.12. The fourth-order valence-corrected chi connectivity index (χ4v) is 6.61. The monoisotopic (exact) mass is 516 g/mol. The number of nitrogens with zero attached hydrogens (tertiary/aromatic N) is 2. The molecule has 2 atom stereocenters. The van der Waals surface area contributed by atoms with Gasteiger partial charge in [0.05, 0.1) is 26.2 Å². The van der Waals surface area contributed by atoms with Gasteiger partial charge >= 0.3 is 5.97 Å². The maximum atomic E-state index is 13.4. The predicted octanol–water partition coefficient (Wildman–Crippen LogP) is 3.25. The summed E-state index contributed by atoms with van der Waals surface area (Å²) < 4.78 is 44.4. The number of carbonyl (C=O) groups is 1. The van der Waals surface area contributed by atoms with E-state index >= 15 is 0 Å². The summed E-state index contributed by atoms with van der Waals surface area (Å²) >= 11 is 0. The van der Waals surface area contributed by atoms with Gasteiger partial charge < -0.3 is 19.3 Å². The number of benzene rings is 2. The van der Waals surface area contributed by atoms with Gasteiger partial charge in [0, 0.05) is 37.3 Å². The van der Waals surface area contributed by atoms with E-state index in [4.69, 9.17) is 19.2 Å². The SMILES string of the molecule is COc1ccc(S(=O)(=O)N2CCC(CC(=O)O)C(CC3=NCCc4cc(OC)c(OC)cc43)C2)cc1. The summed E-state index contributed by atoms with van der Waals surface area (Å²) in [5.74, 6) is 0.594. The Morgan fingerprint density at radius 2 is 1.75 bits per heavy atom. The average molecular weight is 517 g/mol. The van der Waals surface area contributed by atoms with Crippen LogP contribution in [0.1, 0.15) is 30.4 Å². The number of hydrogen-bond donors (Lipinski definition) is 1. The van der Waals surface area contributed by atoms with Crippen molar-refractivity contribution in [2.75, 3.05) is 41.0 Å². The Balaban J connectivity index is 1.62. The highest BCUT2D eigenvalue weighted by atomic mass is 32.2. The molecule has 9 nitrogen and oxygen atoms in total. The van der Waals surface area contributed by atoms with E-state index in [0.29, 0.717) is 36.6 Å². The van der Waals surface area contributed by atoms with E-state index in [1.54, 1.807) is 26.4 Å². The van der Waals surface area contributed by atoms with E-state index < -0.39 is 16.0 Å². The Morgan fingerprint density at radius 1 is 1.06 bits per heavy atom. The summed E-state index contributed by atoms with van der Waals surface area (Å²) in [6, 6.07) is 10.2. The number of sulfonamides is 1. The lowest BCUT2D eigenvalue weighted by Gasteiger charge is -2.38. The van der Waals surface area contributed by atoms with E-state index in [-0.39, 0.29) is 36.2 Å². The third kappa shape index (κ3) is 5.34. The zero-order valence-corrected chi connectivity index (χ0v) is 21.6. The van der Waals surface area contributed by atoms with E-state index in [0.717, 1.165) is 23.3 Å². The zero-order valence-electron chi connectivity index (χ0n) is 20.8. The Hall–Kier alpha value is -3.11. The van der Waals surface area contributed by atoms with E-state index in [9.17, 15) is 18.3 Å². The molecule has 2 heterocycles. The largest absolute Gasteiger partial charge is 0.497 e. The van der Waals surface area contributed by atoms with Crippen molar-refractivity contribution in [3.63, 3.8) is 0 Å². The van der Waals surface area contributed by atoms with Gasteiger partial charge in [-0.2, -0.15) is 4.31 Å². The third-order valence-corrected chi connectivity index (χ3v) is 8.93. The summed E-state index contributed by atoms with van der Waals surface area (Å²) in [4.78, 5) is 16.6. The molecule has 2 aliphatic heterocycles. The maximum absolute atomic E-state index is 13.4. The molecule has 2 aromatic rings. The van der Waals surface area contributed by atoms with Crippen LogP contribution in [-0.2, 0) is 21.2 Å². The fourth-order valence-electron chi connectivity index (χ4n) is 5.10. The number of fused-ring (bicyclic) bond motifs is 1. The van der Waals surface area contributed by atoms with Gasteiger partial charge in [0.15, 0.2) is 11.5 Å². The van der Waals surface area contributed by atoms with Crippen molar-refractivity contribution in [3.8, 4) is 17.2 Å². The first-order chi connectivity index (χ1) is 17.3. The second kappa shape index (κ2) is 10.9. The van der Waals surface area contributed by atoms with E-state index in [1.165, 1.54) is 23.5 Å². The summed E-state index contributed by atoms with van der Waals surface area (Å²) in [7, 11) is 0.963. The highest BCUT2D eigenvalue weighted by molar-refractivity contribution is 7.89. The van der Waals surface area contributed by atoms with Crippen LogP contribution in [0.3, 0.4) is 0 Å². The number of methoxy groups -OCH3 is 3. The van der Waals surface area contributed by atoms with Gasteiger partial charge in [-0.25, -0.2) is 8.42 Å². The Kier molecular flexibility index (Phi) is 7.85. The maximum Gasteiger partial charge on any atom is 0.303 e. The second-order valence-electron chi connectivity index (χ2n) is 9.09. The smallest absolute Gasteiger partial charge is 0.303 e. The van der Waals surface area contributed by atoms with Gasteiger partial charge in [0.25, 0.3) is 0 Å². The van der Waals surface area contributed by atoms with Crippen molar-refractivity contribution in [2.45, 2.75) is 30.6 Å². The Morgan fingerprint density at radius 3 is 2.39 bits per heavy atom. The Labute approximate surface area is 211 Å². The van der Waals surface area contributed by atoms with Gasteiger partial charge in [0.2, 0.25) is 10.0 Å². The molecule has 0 amide bonds. The molecule has 1 saturated heterocycles. The minimum absolute atomic E-state index is 0.00678. The van der Waals surface area contributed by atoms with Crippen LogP contribution in [0.15, 0.2) is 46.3 Å². The van der Waals surface area contributed by atoms with Crippen molar-refractivity contribution < 1.29 is 32.5 Å². The van der Waals surface area contributed by atoms with Crippen LogP contribution in [0.25, 0.3) is 0 Å².